The van der Waals surface area contributed by atoms with E-state index < -0.39 is 80.0 Å². The van der Waals surface area contributed by atoms with Crippen molar-refractivity contribution in [2.75, 3.05) is 20.5 Å². The topological polar surface area (TPSA) is 364 Å². The molecule has 0 amide bonds. The number of aromatic nitrogens is 10. The largest absolute Gasteiger partial charge is 0.480 e. The Kier molecular flexibility index (Phi) is 18.4. The average Bonchev–Trinajstić information content (AvgIpc) is 4.07. The Morgan fingerprint density at radius 2 is 1.03 bits per heavy atom. The van der Waals surface area contributed by atoms with Crippen LogP contribution in [0.3, 0.4) is 0 Å². The highest BCUT2D eigenvalue weighted by Crippen LogP contribution is 2.18. The quantitative estimate of drug-likeness (QED) is 0.0924. The molecule has 3 atom stereocenters. The van der Waals surface area contributed by atoms with Crippen LogP contribution in [0.25, 0.3) is 22.3 Å². The van der Waals surface area contributed by atoms with E-state index >= 15 is 0 Å². The summed E-state index contributed by atoms with van der Waals surface area (Å²) >= 11 is 0. The number of ether oxygens (including phenoxy) is 2. The number of esters is 2. The van der Waals surface area contributed by atoms with Crippen molar-refractivity contribution in [2.24, 2.45) is 26.1 Å². The maximum atomic E-state index is 12.5. The van der Waals surface area contributed by atoms with Crippen molar-refractivity contribution >= 4 is 79.7 Å². The number of carboxylic acid groups (broad SMARTS) is 1. The second-order valence-electron chi connectivity index (χ2n) is 15.4. The Labute approximate surface area is 394 Å². The Balaban J connectivity index is 0.000000254. The van der Waals surface area contributed by atoms with Crippen LogP contribution in [-0.2, 0) is 99.7 Å². The van der Waals surface area contributed by atoms with Gasteiger partial charge in [-0.2, -0.15) is 8.42 Å². The zero-order valence-corrected chi connectivity index (χ0v) is 40.8. The van der Waals surface area contributed by atoms with Crippen LogP contribution in [0.1, 0.15) is 59.2 Å². The fourth-order valence-electron chi connectivity index (χ4n) is 6.51. The molecule has 30 heteroatoms. The smallest absolute Gasteiger partial charge is 0.336 e. The van der Waals surface area contributed by atoms with Gasteiger partial charge in [0.2, 0.25) is 0 Å². The Bertz CT molecular complexity index is 3430. The maximum absolute atomic E-state index is 12.5. The van der Waals surface area contributed by atoms with Crippen LogP contribution in [0.5, 0.6) is 0 Å². The molecule has 1 aliphatic heterocycles. The van der Waals surface area contributed by atoms with Crippen LogP contribution < -0.4 is 33.7 Å². The van der Waals surface area contributed by atoms with E-state index in [1.807, 2.05) is 0 Å². The number of rotatable bonds is 13. The van der Waals surface area contributed by atoms with Gasteiger partial charge in [0.25, 0.3) is 26.8 Å². The number of ketones is 3. The Morgan fingerprint density at radius 1 is 0.643 bits per heavy atom. The Morgan fingerprint density at radius 3 is 1.40 bits per heavy atom. The molecule has 0 radical (unpaired) electrons. The molecule has 0 aromatic carbocycles. The molecule has 380 valence electrons. The van der Waals surface area contributed by atoms with Gasteiger partial charge in [0.1, 0.15) is 35.3 Å². The summed E-state index contributed by atoms with van der Waals surface area (Å²) in [7, 11) is 3.21. The molecule has 0 fully saturated rings. The molecular weight excluding hydrogens is 955 g/mol. The second-order valence-corrected chi connectivity index (χ2v) is 17.1. The monoisotopic (exact) mass is 1010 g/mol. The molecule has 0 saturated heterocycles. The SMILES string of the molecule is CC(=O)Cn1c(=O)c2c(n(C)c1=O)N=CC2.CC(=O)Cn1c(=O)c2c(ncn2[C@@H](C)C(=O)O)n(C)c1=O.COC(=O)[C@@H](C)OS(C)(=O)=O.COC(=O)[C@H](C)n1cnc2c1c(=O)n(CC(C)=O)c(=O)n2C. The third-order valence-corrected chi connectivity index (χ3v) is 10.6. The van der Waals surface area contributed by atoms with Gasteiger partial charge >= 0.3 is 35.0 Å². The number of carbonyl (C=O) groups is 6. The average molecular weight is 1010 g/mol. The van der Waals surface area contributed by atoms with Crippen molar-refractivity contribution in [1.82, 2.24) is 46.5 Å². The lowest BCUT2D eigenvalue weighted by Crippen LogP contribution is -2.41. The van der Waals surface area contributed by atoms with Gasteiger partial charge in [0.15, 0.2) is 28.4 Å². The van der Waals surface area contributed by atoms with E-state index in [4.69, 9.17) is 5.11 Å². The highest BCUT2D eigenvalue weighted by molar-refractivity contribution is 7.86. The number of carboxylic acids is 1. The number of carbonyl (C=O) groups excluding carboxylic acids is 5. The molecular formula is C40H51N11O18S. The Hall–Kier alpha value is -8.02. The number of methoxy groups -OCH3 is 2. The molecule has 6 rings (SSSR count). The van der Waals surface area contributed by atoms with Crippen molar-refractivity contribution in [1.29, 1.82) is 0 Å². The summed E-state index contributed by atoms with van der Waals surface area (Å²) in [5, 5.41) is 9.06. The van der Waals surface area contributed by atoms with E-state index in [0.29, 0.717) is 17.8 Å². The fourth-order valence-corrected chi connectivity index (χ4v) is 7.11. The fraction of sp³-hybridized carbons (Fsp3) is 0.475. The molecule has 0 unspecified atom stereocenters. The predicted octanol–water partition coefficient (Wildman–Crippen LogP) is -2.73. The van der Waals surface area contributed by atoms with E-state index in [0.717, 1.165) is 31.6 Å². The van der Waals surface area contributed by atoms with Crippen LogP contribution in [0.2, 0.25) is 0 Å². The lowest BCUT2D eigenvalue weighted by atomic mass is 10.2. The van der Waals surface area contributed by atoms with Gasteiger partial charge in [-0.05, 0) is 41.5 Å². The van der Waals surface area contributed by atoms with E-state index in [1.54, 1.807) is 20.2 Å². The van der Waals surface area contributed by atoms with Crippen molar-refractivity contribution in [3.05, 3.63) is 80.7 Å². The molecule has 5 aromatic heterocycles. The molecule has 0 spiro atoms. The third-order valence-electron chi connectivity index (χ3n) is 9.96. The van der Waals surface area contributed by atoms with Crippen LogP contribution in [0, 0.1) is 0 Å². The predicted molar refractivity (Wildman–Crippen MR) is 245 cm³/mol. The number of aryl methyl sites for hydroxylation is 2. The molecule has 1 aliphatic rings. The molecule has 0 aliphatic carbocycles. The summed E-state index contributed by atoms with van der Waals surface area (Å²) in [5.74, 6) is -2.91. The van der Waals surface area contributed by atoms with Crippen LogP contribution in [-0.4, -0.2) is 128 Å². The van der Waals surface area contributed by atoms with Crippen molar-refractivity contribution in [3.63, 3.8) is 0 Å². The highest BCUT2D eigenvalue weighted by Gasteiger charge is 2.25. The minimum Gasteiger partial charge on any atom is -0.480 e. The van der Waals surface area contributed by atoms with E-state index in [9.17, 15) is 66.0 Å². The van der Waals surface area contributed by atoms with E-state index in [1.165, 1.54) is 86.7 Å². The van der Waals surface area contributed by atoms with Gasteiger partial charge in [0.05, 0.1) is 58.3 Å². The highest BCUT2D eigenvalue weighted by atomic mass is 32.2. The first kappa shape index (κ1) is 56.3. The van der Waals surface area contributed by atoms with E-state index in [-0.39, 0.29) is 59.3 Å². The van der Waals surface area contributed by atoms with Gasteiger partial charge in [0, 0.05) is 33.8 Å². The minimum absolute atomic E-state index is 0.0201. The number of nitrogens with zero attached hydrogens (tertiary/aromatic N) is 11. The van der Waals surface area contributed by atoms with Crippen LogP contribution in [0.4, 0.5) is 5.82 Å². The summed E-state index contributed by atoms with van der Waals surface area (Å²) in [6, 6.07) is -1.81. The summed E-state index contributed by atoms with van der Waals surface area (Å²) < 4.78 is 42.7. The van der Waals surface area contributed by atoms with Crippen LogP contribution in [0.15, 0.2) is 46.4 Å². The summed E-state index contributed by atoms with van der Waals surface area (Å²) in [6.07, 6.45) is 4.29. The normalized spacial score (nSPS) is 12.8. The number of Topliss-reactive ketones (excluding diaryl/α,β-unsaturated/α-hetero) is 3. The van der Waals surface area contributed by atoms with Gasteiger partial charge in [-0.1, -0.05) is 0 Å². The van der Waals surface area contributed by atoms with Gasteiger partial charge in [-0.3, -0.25) is 60.4 Å². The second kappa shape index (κ2) is 22.9. The maximum Gasteiger partial charge on any atom is 0.336 e. The number of hydrogen-bond donors (Lipinski definition) is 1. The lowest BCUT2D eigenvalue weighted by molar-refractivity contribution is -0.147. The third kappa shape index (κ3) is 12.5. The molecule has 6 heterocycles. The molecule has 5 aromatic rings. The molecule has 1 N–H and O–H groups in total. The standard InChI is InChI=1S/C13H16N4O5.C12H14N4O5.C10H11N3O3.C5H10O5S/c1-7(18)5-16-11(19)9-10(15(3)13(16)21)14-6-17(9)8(2)12(20)22-4;1-6(17)4-15-10(18)8-9(14(3)12(15)21)13-5-16(8)7(2)11(19)20;1-6(14)5-13-9(15)7-3-4-11-8(7)12(2)10(13)16;1-4(5(6)9-2)10-11(3,7)8/h6,8H,5H2,1-4H3;5,7H,4H2,1-3H3,(H,19,20);4H,3,5H2,1-2H3;4H,1-3H3/t8-;7-;;4-/m00.1/s1. The van der Waals surface area contributed by atoms with Crippen molar-refractivity contribution in [3.8, 4) is 0 Å². The first-order valence-corrected chi connectivity index (χ1v) is 22.2. The zero-order chi connectivity index (χ0) is 53.4. The zero-order valence-electron chi connectivity index (χ0n) is 40.0. The lowest BCUT2D eigenvalue weighted by Gasteiger charge is -2.12. The summed E-state index contributed by atoms with van der Waals surface area (Å²) in [6.45, 7) is 7.24. The molecule has 0 bridgehead atoms. The van der Waals surface area contributed by atoms with E-state index in [2.05, 4.69) is 28.6 Å². The van der Waals surface area contributed by atoms with Gasteiger partial charge in [-0.25, -0.2) is 43.7 Å². The number of aliphatic imine (C=N–C) groups is 1. The number of imidazole rings is 2. The number of aliphatic carboxylic acids is 1. The number of hydrogen-bond acceptors (Lipinski definition) is 20. The summed E-state index contributed by atoms with van der Waals surface area (Å²) in [4.78, 5) is 152. The van der Waals surface area contributed by atoms with Gasteiger partial charge in [-0.15, -0.1) is 0 Å². The molecule has 0 saturated carbocycles. The van der Waals surface area contributed by atoms with Crippen molar-refractivity contribution < 1.29 is 55.9 Å². The molecule has 29 nitrogen and oxygen atoms in total. The minimum atomic E-state index is -3.58. The van der Waals surface area contributed by atoms with Crippen LogP contribution >= 0.6 is 0 Å². The molecule has 70 heavy (non-hydrogen) atoms. The first-order valence-electron chi connectivity index (χ1n) is 20.4. The number of fused-ring (bicyclic) bond motifs is 3. The first-order chi connectivity index (χ1) is 32.4. The summed E-state index contributed by atoms with van der Waals surface area (Å²) in [5.41, 5.74) is -2.86. The van der Waals surface area contributed by atoms with Crippen molar-refractivity contribution in [2.45, 2.75) is 85.8 Å². The van der Waals surface area contributed by atoms with Gasteiger partial charge < -0.3 is 23.7 Å².